The molecule has 44 atom stereocenters. The molecule has 25 nitrogen and oxygen atoms in total. The summed E-state index contributed by atoms with van der Waals surface area (Å²) in [6, 6.07) is 0. The average Bonchev–Trinajstić information content (AvgIpc) is 0.799. The van der Waals surface area contributed by atoms with E-state index in [1.54, 1.807) is 13.8 Å². The first-order valence-corrected chi connectivity index (χ1v) is 40.0. The van der Waals surface area contributed by atoms with Crippen molar-refractivity contribution in [2.45, 2.75) is 402 Å². The molecule has 0 amide bonds. The molecule has 20 unspecified atom stereocenters. The Morgan fingerprint density at radius 2 is 0.431 bits per heavy atom. The third-order valence-corrected chi connectivity index (χ3v) is 25.4. The molecule has 0 aromatic heterocycles. The maximum Gasteiger partial charge on any atom is 0.155 e. The summed E-state index contributed by atoms with van der Waals surface area (Å²) < 4.78 is 89.1. The van der Waals surface area contributed by atoms with Crippen molar-refractivity contribution < 1.29 is 342 Å². The maximum absolute atomic E-state index is 9.83. The summed E-state index contributed by atoms with van der Waals surface area (Å²) in [7, 11) is 0. The molecule has 12 saturated heterocycles. The van der Waals surface area contributed by atoms with Crippen molar-refractivity contribution >= 4 is 0 Å². The van der Waals surface area contributed by atoms with Crippen LogP contribution in [0.1, 0.15) is 206 Å². The van der Waals surface area contributed by atoms with Gasteiger partial charge in [-0.2, -0.15) is 0 Å². The third-order valence-electron chi connectivity index (χ3n) is 25.4. The van der Waals surface area contributed by atoms with Crippen molar-refractivity contribution in [1.82, 2.24) is 0 Å². The molecule has 0 aliphatic carbocycles. The van der Waals surface area contributed by atoms with Crippen LogP contribution in [0.15, 0.2) is 0 Å². The number of rotatable bonds is 4. The van der Waals surface area contributed by atoms with E-state index in [0.717, 1.165) is 31.1 Å². The van der Waals surface area contributed by atoms with Crippen molar-refractivity contribution in [2.24, 2.45) is 71.0 Å². The number of ether oxygens (including phenoxy) is 16. The standard InChI is InChI=1S/C11H20O3.C11H22O.3C10H18O4.C10H20O2.C9H18O3.C8H16O4.5Ac/c1-6-7(2)11-10(13-8(6)3)5-12-9(4)14-11;1-6-11-9(4)7(2)8(3)10(5)12-11;3*1-5-9(11)6(2)13-8-4-12-7(3)14-10(5)8;1-5-9-10(11)7(3)6(2)8(4)12-9;1-4-7-9(11)5(2)8(10)6(3)12-7;1-4-7(10)5(2)12-6(3-9)8(4)11;;;;;/h6-11H,5H2,1-4H3;7-11H,6H2,1-5H3;3*5-11H,4H2,1-3H3;6-11H,5H2,1-4H3;5-11H,4H2,1-3H3;4-11H,3H2,1-2H3;;;;;/t6?,7-,8+,9?,10?,11+;7-,8?,9+,10+,11?;3*5-,6+,7?,8?,9?,10+;6?,7-,8+,9?,10+;5-,6+,7?,8?,9+;4-,5+,6?,7?,8-;;;;;/m11111111...../s1. The summed E-state index contributed by atoms with van der Waals surface area (Å²) >= 11 is 0. The number of hydrogen-bond acceptors (Lipinski definition) is 25. The van der Waals surface area contributed by atoms with Gasteiger partial charge in [-0.15, -0.1) is 0 Å². The predicted molar refractivity (Wildman–Crippen MR) is 392 cm³/mol. The van der Waals surface area contributed by atoms with Gasteiger partial charge in [-0.25, -0.2) is 0 Å². The van der Waals surface area contributed by atoms with E-state index in [2.05, 4.69) is 83.1 Å². The Balaban J connectivity index is 0.00000122. The van der Waals surface area contributed by atoms with E-state index in [0.29, 0.717) is 74.3 Å². The molecule has 0 saturated carbocycles. The zero-order chi connectivity index (χ0) is 78.4. The molecule has 0 bridgehead atoms. The zero-order valence-electron chi connectivity index (χ0n) is 71.5. The summed E-state index contributed by atoms with van der Waals surface area (Å²) in [4.78, 5) is 0. The monoisotopic (exact) mass is 2630 g/mol. The Hall–Kier alpha value is 6.21. The Labute approximate surface area is 835 Å². The number of aliphatic hydroxyl groups is 9. The molecule has 9 N–H and O–H groups in total. The fourth-order valence-corrected chi connectivity index (χ4v) is 16.5. The van der Waals surface area contributed by atoms with Crippen LogP contribution in [0.25, 0.3) is 0 Å². The Morgan fingerprint density at radius 3 is 0.743 bits per heavy atom. The SMILES string of the molecule is CC1OCC2O[C@@H](C)C(C)[C@@H](C)[C@@H]2O1.CC1OCC2O[C@@H](C)C(O)[C@@H](C)[C@@H]2O1.CC1OCC2O[C@@H](C)C(O)[C@@H](C)[C@@H]2O1.CC1OCC2O[C@@H](C)C(O)[C@@H](C)[C@@H]2O1.CCC1O[C@@H](C)C(C)[C@@H](C)[C@@H]1C.CCC1O[C@@H](C)C(C)[C@@H](C)[C@@H]1O.CCC1O[C@@H](C)C(O)[C@@H](C)[C@@H]1O.C[C@@H]1OC(CO)[C@H](O)[C@H](C)C1O.[Ac].[Ac].[Ac].[Ac].[Ac]. The maximum atomic E-state index is 9.83. The van der Waals surface area contributed by atoms with Crippen LogP contribution < -0.4 is 0 Å². The molecule has 12 aliphatic heterocycles. The zero-order valence-corrected chi connectivity index (χ0v) is 95.2. The van der Waals surface area contributed by atoms with Gasteiger partial charge >= 0.3 is 0 Å². The minimum Gasteiger partial charge on any atom is -0.394 e. The molecule has 12 fully saturated rings. The van der Waals surface area contributed by atoms with Gasteiger partial charge in [0, 0.05) is 250 Å². The number of fused-ring (bicyclic) bond motifs is 4. The summed E-state index contributed by atoms with van der Waals surface area (Å²) in [5.41, 5.74) is 0. The van der Waals surface area contributed by atoms with Gasteiger partial charge in [0.15, 0.2) is 25.2 Å². The Kier molecular flexibility index (Phi) is 58.8. The first-order valence-electron chi connectivity index (χ1n) is 40.0. The van der Waals surface area contributed by atoms with E-state index in [9.17, 15) is 40.9 Å². The molecule has 12 heterocycles. The smallest absolute Gasteiger partial charge is 0.155 e. The molecule has 0 aromatic rings. The van der Waals surface area contributed by atoms with E-state index in [1.165, 1.54) is 0 Å². The third kappa shape index (κ3) is 32.5. The molecule has 109 heavy (non-hydrogen) atoms. The second kappa shape index (κ2) is 55.6. The molecular weight excluding hydrogens is 2480 g/mol. The van der Waals surface area contributed by atoms with Gasteiger partial charge in [0.2, 0.25) is 0 Å². The summed E-state index contributed by atoms with van der Waals surface area (Å²) in [5.74, 6) is 4.16. The molecule has 631 valence electrons. The van der Waals surface area contributed by atoms with Crippen LogP contribution in [0.3, 0.4) is 0 Å². The molecule has 5 radical (unpaired) electrons. The molecule has 0 aromatic carbocycles. The van der Waals surface area contributed by atoms with Gasteiger partial charge in [-0.1, -0.05) is 104 Å². The van der Waals surface area contributed by atoms with Gasteiger partial charge in [0.05, 0.1) is 173 Å². The normalized spacial score (nSPS) is 49.4. The van der Waals surface area contributed by atoms with Crippen molar-refractivity contribution in [3.63, 3.8) is 0 Å². The fraction of sp³-hybridized carbons (Fsp3) is 1.00. The van der Waals surface area contributed by atoms with E-state index in [-0.39, 0.29) is 385 Å². The molecule has 30 heteroatoms. The van der Waals surface area contributed by atoms with E-state index < -0.39 is 48.8 Å². The van der Waals surface area contributed by atoms with Crippen molar-refractivity contribution in [3.05, 3.63) is 0 Å². The van der Waals surface area contributed by atoms with Crippen LogP contribution in [0.4, 0.5) is 0 Å². The minimum absolute atomic E-state index is 0. The van der Waals surface area contributed by atoms with Crippen molar-refractivity contribution in [2.75, 3.05) is 33.0 Å². The van der Waals surface area contributed by atoms with Crippen LogP contribution in [-0.4, -0.2) is 275 Å². The molecule has 0 spiro atoms. The molecule has 12 aliphatic rings. The largest absolute Gasteiger partial charge is 0.394 e. The topological polar surface area (TPSA) is 330 Å². The van der Waals surface area contributed by atoms with Crippen LogP contribution >= 0.6 is 0 Å². The van der Waals surface area contributed by atoms with Crippen molar-refractivity contribution in [1.29, 1.82) is 0 Å². The van der Waals surface area contributed by atoms with Gasteiger partial charge in [0.1, 0.15) is 30.5 Å². The van der Waals surface area contributed by atoms with Gasteiger partial charge in [0.25, 0.3) is 0 Å². The molecule has 12 rings (SSSR count). The van der Waals surface area contributed by atoms with Gasteiger partial charge < -0.3 is 122 Å². The quantitative estimate of drug-likeness (QED) is 0.129. The number of hydrogen-bond donors (Lipinski definition) is 9. The van der Waals surface area contributed by atoms with E-state index >= 15 is 0 Å². The number of aliphatic hydroxyl groups excluding tert-OH is 9. The first kappa shape index (κ1) is 115. The van der Waals surface area contributed by atoms with E-state index in [1.807, 2.05) is 90.0 Å². The van der Waals surface area contributed by atoms with Crippen LogP contribution in [-0.2, 0) is 75.8 Å². The fourth-order valence-electron chi connectivity index (χ4n) is 16.5. The van der Waals surface area contributed by atoms with Gasteiger partial charge in [-0.3, -0.25) is 0 Å². The Bertz CT molecular complexity index is 2050. The van der Waals surface area contributed by atoms with Crippen LogP contribution in [0.5, 0.6) is 0 Å². The minimum atomic E-state index is -0.777. The van der Waals surface area contributed by atoms with E-state index in [4.69, 9.17) is 80.9 Å². The summed E-state index contributed by atoms with van der Waals surface area (Å²) in [5, 5.41) is 86.2. The predicted octanol–water partition coefficient (Wildman–Crippen LogP) is 7.98. The summed E-state index contributed by atoms with van der Waals surface area (Å²) in [6.45, 7) is 56.9. The van der Waals surface area contributed by atoms with Gasteiger partial charge in [-0.05, 0) is 144 Å². The summed E-state index contributed by atoms with van der Waals surface area (Å²) in [6.07, 6.45) is -1.71. The second-order valence-electron chi connectivity index (χ2n) is 32.7. The molecular formula is C79H150Ac5O25. The van der Waals surface area contributed by atoms with Crippen LogP contribution in [0.2, 0.25) is 0 Å². The average molecular weight is 2640 g/mol. The second-order valence-corrected chi connectivity index (χ2v) is 32.7. The Morgan fingerprint density at radius 1 is 0.211 bits per heavy atom. The first-order chi connectivity index (χ1) is 48.7. The van der Waals surface area contributed by atoms with Crippen LogP contribution in [0, 0.1) is 291 Å². The van der Waals surface area contributed by atoms with Crippen molar-refractivity contribution in [3.8, 4) is 0 Å².